The normalized spacial score (nSPS) is 12.3. The van der Waals surface area contributed by atoms with Gasteiger partial charge < -0.3 is 9.84 Å². The molecule has 1 unspecified atom stereocenters. The second-order valence-corrected chi connectivity index (χ2v) is 5.94. The third-order valence-corrected chi connectivity index (χ3v) is 4.23. The lowest BCUT2D eigenvalue weighted by molar-refractivity contribution is 0.214. The van der Waals surface area contributed by atoms with Crippen molar-refractivity contribution in [3.05, 3.63) is 61.8 Å². The number of hydrogen-bond donors (Lipinski definition) is 1. The highest BCUT2D eigenvalue weighted by molar-refractivity contribution is 9.10. The van der Waals surface area contributed by atoms with Crippen molar-refractivity contribution < 1.29 is 14.2 Å². The Morgan fingerprint density at radius 2 is 2.00 bits per heavy atom. The van der Waals surface area contributed by atoms with Crippen LogP contribution in [-0.4, -0.2) is 11.7 Å². The molecule has 0 amide bonds. The third kappa shape index (κ3) is 3.51. The van der Waals surface area contributed by atoms with Crippen molar-refractivity contribution >= 4 is 39.1 Å². The van der Waals surface area contributed by atoms with Crippen LogP contribution in [0.2, 0.25) is 10.0 Å². The highest BCUT2D eigenvalue weighted by Gasteiger charge is 2.22. The van der Waals surface area contributed by atoms with Gasteiger partial charge in [-0.15, -0.1) is 0 Å². The van der Waals surface area contributed by atoms with Crippen molar-refractivity contribution in [3.63, 3.8) is 0 Å². The second-order valence-electron chi connectivity index (χ2n) is 4.28. The van der Waals surface area contributed by atoms with E-state index in [4.69, 9.17) is 27.9 Å². The van der Waals surface area contributed by atoms with E-state index >= 15 is 0 Å². The molecule has 0 saturated heterocycles. The Kier molecular flexibility index (Phi) is 5.49. The molecule has 0 saturated carbocycles. The van der Waals surface area contributed by atoms with Crippen molar-refractivity contribution in [2.24, 2.45) is 0 Å². The number of halogens is 4. The number of benzene rings is 2. The Morgan fingerprint density at radius 3 is 2.62 bits per heavy atom. The van der Waals surface area contributed by atoms with Crippen LogP contribution >= 0.6 is 39.1 Å². The average molecular weight is 394 g/mol. The fraction of sp³-hybridized carbons (Fsp3) is 0.200. The first-order chi connectivity index (χ1) is 9.95. The van der Waals surface area contributed by atoms with Crippen LogP contribution in [0.3, 0.4) is 0 Å². The molecule has 2 aromatic rings. The second kappa shape index (κ2) is 6.97. The Morgan fingerprint density at radius 1 is 1.29 bits per heavy atom. The molecule has 6 heteroatoms. The van der Waals surface area contributed by atoms with Crippen LogP contribution in [-0.2, 0) is 0 Å². The Labute approximate surface area is 140 Å². The Bertz CT molecular complexity index is 644. The minimum absolute atomic E-state index is 0.111. The van der Waals surface area contributed by atoms with E-state index in [0.29, 0.717) is 27.4 Å². The van der Waals surface area contributed by atoms with E-state index in [0.717, 1.165) is 0 Å². The lowest BCUT2D eigenvalue weighted by atomic mass is 10.0. The van der Waals surface area contributed by atoms with Crippen molar-refractivity contribution in [3.8, 4) is 5.75 Å². The zero-order valence-corrected chi connectivity index (χ0v) is 14.1. The van der Waals surface area contributed by atoms with Gasteiger partial charge in [0.25, 0.3) is 0 Å². The number of hydrogen-bond acceptors (Lipinski definition) is 2. The Hall–Kier alpha value is -0.810. The summed E-state index contributed by atoms with van der Waals surface area (Å²) in [5.41, 5.74) is 0.426. The molecule has 21 heavy (non-hydrogen) atoms. The van der Waals surface area contributed by atoms with Crippen LogP contribution < -0.4 is 4.74 Å². The molecule has 112 valence electrons. The molecule has 1 atom stereocenters. The van der Waals surface area contributed by atoms with E-state index in [1.165, 1.54) is 18.2 Å². The Balaban J connectivity index is 2.49. The maximum atomic E-state index is 13.9. The molecule has 2 rings (SSSR count). The van der Waals surface area contributed by atoms with Crippen LogP contribution in [0.15, 0.2) is 34.8 Å². The molecule has 0 radical (unpaired) electrons. The lowest BCUT2D eigenvalue weighted by Gasteiger charge is -2.17. The topological polar surface area (TPSA) is 29.5 Å². The van der Waals surface area contributed by atoms with Gasteiger partial charge in [-0.3, -0.25) is 0 Å². The maximum Gasteiger partial charge on any atom is 0.139 e. The molecule has 0 aliphatic carbocycles. The summed E-state index contributed by atoms with van der Waals surface area (Å²) in [5, 5.41) is 11.0. The van der Waals surface area contributed by atoms with Crippen molar-refractivity contribution in [2.45, 2.75) is 13.0 Å². The number of rotatable bonds is 4. The van der Waals surface area contributed by atoms with Gasteiger partial charge in [-0.1, -0.05) is 45.2 Å². The molecule has 0 heterocycles. The summed E-state index contributed by atoms with van der Waals surface area (Å²) >= 11 is 15.5. The molecule has 2 nitrogen and oxygen atoms in total. The standard InChI is InChI=1S/C15H12BrCl2FO2/c1-2-21-13-7-10(17)8(6-11(13)18)15(20)14-9(16)4-3-5-12(14)19/h3-7,15,20H,2H2,1H3. The van der Waals surface area contributed by atoms with Gasteiger partial charge in [-0.05, 0) is 25.1 Å². The summed E-state index contributed by atoms with van der Waals surface area (Å²) in [5.74, 6) is -0.106. The summed E-state index contributed by atoms with van der Waals surface area (Å²) < 4.78 is 19.7. The zero-order valence-electron chi connectivity index (χ0n) is 11.0. The fourth-order valence-electron chi connectivity index (χ4n) is 1.95. The van der Waals surface area contributed by atoms with Crippen molar-refractivity contribution in [1.29, 1.82) is 0 Å². The van der Waals surface area contributed by atoms with Crippen LogP contribution in [0.5, 0.6) is 5.75 Å². The monoisotopic (exact) mass is 392 g/mol. The molecule has 0 aromatic heterocycles. The molecular weight excluding hydrogens is 382 g/mol. The summed E-state index contributed by atoms with van der Waals surface area (Å²) in [7, 11) is 0. The van der Waals surface area contributed by atoms with Gasteiger partial charge in [0.1, 0.15) is 17.7 Å². The predicted octanol–water partition coefficient (Wildman–Crippen LogP) is 5.38. The molecule has 0 aliphatic heterocycles. The average Bonchev–Trinajstić information content (AvgIpc) is 2.42. The van der Waals surface area contributed by atoms with Crippen molar-refractivity contribution in [2.75, 3.05) is 6.61 Å². The van der Waals surface area contributed by atoms with Gasteiger partial charge in [-0.2, -0.15) is 0 Å². The van der Waals surface area contributed by atoms with E-state index in [1.807, 2.05) is 6.92 Å². The van der Waals surface area contributed by atoms with Crippen LogP contribution in [0.25, 0.3) is 0 Å². The molecule has 0 bridgehead atoms. The van der Waals surface area contributed by atoms with Gasteiger partial charge in [0.2, 0.25) is 0 Å². The zero-order chi connectivity index (χ0) is 15.6. The molecule has 2 aromatic carbocycles. The first kappa shape index (κ1) is 16.6. The van der Waals surface area contributed by atoms with Crippen LogP contribution in [0.1, 0.15) is 24.2 Å². The predicted molar refractivity (Wildman–Crippen MR) is 85.8 cm³/mol. The minimum atomic E-state index is -1.23. The SMILES string of the molecule is CCOc1cc(Cl)c(C(O)c2c(F)cccc2Br)cc1Cl. The van der Waals surface area contributed by atoms with E-state index in [9.17, 15) is 9.50 Å². The van der Waals surface area contributed by atoms with Crippen LogP contribution in [0, 0.1) is 5.82 Å². The van der Waals surface area contributed by atoms with Crippen LogP contribution in [0.4, 0.5) is 4.39 Å². The highest BCUT2D eigenvalue weighted by atomic mass is 79.9. The third-order valence-electron chi connectivity index (χ3n) is 2.92. The van der Waals surface area contributed by atoms with Gasteiger partial charge in [0.15, 0.2) is 0 Å². The fourth-order valence-corrected chi connectivity index (χ4v) is 2.99. The first-order valence-corrected chi connectivity index (χ1v) is 7.74. The molecule has 0 aliphatic rings. The van der Waals surface area contributed by atoms with Crippen molar-refractivity contribution in [1.82, 2.24) is 0 Å². The van der Waals surface area contributed by atoms with Gasteiger partial charge in [0, 0.05) is 21.7 Å². The first-order valence-electron chi connectivity index (χ1n) is 6.19. The largest absolute Gasteiger partial charge is 0.492 e. The summed E-state index contributed by atoms with van der Waals surface area (Å²) in [6, 6.07) is 7.46. The lowest BCUT2D eigenvalue weighted by Crippen LogP contribution is -2.05. The molecular formula is C15H12BrCl2FO2. The smallest absolute Gasteiger partial charge is 0.139 e. The van der Waals surface area contributed by atoms with E-state index < -0.39 is 11.9 Å². The highest BCUT2D eigenvalue weighted by Crippen LogP contribution is 2.38. The van der Waals surface area contributed by atoms with E-state index in [-0.39, 0.29) is 10.6 Å². The summed E-state index contributed by atoms with van der Waals surface area (Å²) in [4.78, 5) is 0. The number of aliphatic hydroxyl groups is 1. The number of ether oxygens (including phenoxy) is 1. The van der Waals surface area contributed by atoms with Gasteiger partial charge in [-0.25, -0.2) is 4.39 Å². The summed E-state index contributed by atoms with van der Waals surface area (Å²) in [6.45, 7) is 2.26. The maximum absolute atomic E-state index is 13.9. The van der Waals surface area contributed by atoms with E-state index in [1.54, 1.807) is 12.1 Å². The summed E-state index contributed by atoms with van der Waals surface area (Å²) in [6.07, 6.45) is -1.23. The molecule has 1 N–H and O–H groups in total. The number of aliphatic hydroxyl groups excluding tert-OH is 1. The quantitative estimate of drug-likeness (QED) is 0.755. The molecule has 0 spiro atoms. The minimum Gasteiger partial charge on any atom is -0.492 e. The molecule has 0 fully saturated rings. The van der Waals surface area contributed by atoms with Gasteiger partial charge >= 0.3 is 0 Å². The van der Waals surface area contributed by atoms with E-state index in [2.05, 4.69) is 15.9 Å². The van der Waals surface area contributed by atoms with Gasteiger partial charge in [0.05, 0.1) is 16.7 Å².